The van der Waals surface area contributed by atoms with E-state index in [9.17, 15) is 14.9 Å². The number of nitro benzene ring substituents is 1. The van der Waals surface area contributed by atoms with Crippen LogP contribution in [0.3, 0.4) is 0 Å². The number of ether oxygens (including phenoxy) is 4. The van der Waals surface area contributed by atoms with Crippen molar-refractivity contribution in [3.8, 4) is 23.0 Å². The molecule has 0 aromatic heterocycles. The summed E-state index contributed by atoms with van der Waals surface area (Å²) in [6.45, 7) is -0.205. The summed E-state index contributed by atoms with van der Waals surface area (Å²) in [6, 6.07) is 9.21. The van der Waals surface area contributed by atoms with Gasteiger partial charge in [-0.05, 0) is 12.1 Å². The molecule has 2 aromatic rings. The Morgan fingerprint density at radius 2 is 1.63 bits per heavy atom. The van der Waals surface area contributed by atoms with Crippen molar-refractivity contribution >= 4 is 11.6 Å². The van der Waals surface area contributed by atoms with Crippen LogP contribution in [0.15, 0.2) is 36.4 Å². The van der Waals surface area contributed by atoms with Gasteiger partial charge in [0.1, 0.15) is 5.75 Å². The predicted molar refractivity (Wildman–Crippen MR) is 96.5 cm³/mol. The van der Waals surface area contributed by atoms with E-state index in [1.807, 2.05) is 0 Å². The van der Waals surface area contributed by atoms with Crippen LogP contribution in [-0.4, -0.2) is 38.8 Å². The van der Waals surface area contributed by atoms with E-state index in [4.69, 9.17) is 18.9 Å². The van der Waals surface area contributed by atoms with Gasteiger partial charge in [-0.2, -0.15) is 0 Å². The smallest absolute Gasteiger partial charge is 0.310 e. The van der Waals surface area contributed by atoms with Crippen molar-refractivity contribution in [1.29, 1.82) is 0 Å². The van der Waals surface area contributed by atoms with Gasteiger partial charge in [-0.1, -0.05) is 12.1 Å². The van der Waals surface area contributed by atoms with E-state index in [-0.39, 0.29) is 24.6 Å². The molecule has 0 unspecified atom stereocenters. The largest absolute Gasteiger partial charge is 0.496 e. The molecule has 0 aliphatic carbocycles. The van der Waals surface area contributed by atoms with Crippen molar-refractivity contribution < 1.29 is 28.7 Å². The fourth-order valence-electron chi connectivity index (χ4n) is 2.35. The third-order valence-corrected chi connectivity index (χ3v) is 3.68. The number of benzene rings is 2. The molecule has 144 valence electrons. The summed E-state index contributed by atoms with van der Waals surface area (Å²) < 4.78 is 21.0. The lowest BCUT2D eigenvalue weighted by molar-refractivity contribution is -0.385. The maximum absolute atomic E-state index is 12.0. The minimum absolute atomic E-state index is 0.0290. The van der Waals surface area contributed by atoms with Crippen molar-refractivity contribution in [2.45, 2.75) is 6.54 Å². The molecule has 1 amide bonds. The minimum Gasteiger partial charge on any atom is -0.496 e. The van der Waals surface area contributed by atoms with E-state index < -0.39 is 10.8 Å². The fourth-order valence-corrected chi connectivity index (χ4v) is 2.35. The van der Waals surface area contributed by atoms with E-state index in [0.29, 0.717) is 22.8 Å². The van der Waals surface area contributed by atoms with Crippen molar-refractivity contribution in [2.75, 3.05) is 27.9 Å². The summed E-state index contributed by atoms with van der Waals surface area (Å²) in [4.78, 5) is 22.4. The van der Waals surface area contributed by atoms with Gasteiger partial charge in [0.25, 0.3) is 5.91 Å². The normalized spacial score (nSPS) is 10.0. The highest BCUT2D eigenvalue weighted by Gasteiger charge is 2.16. The van der Waals surface area contributed by atoms with Gasteiger partial charge in [-0.15, -0.1) is 0 Å². The van der Waals surface area contributed by atoms with Gasteiger partial charge in [-0.25, -0.2) is 0 Å². The molecule has 27 heavy (non-hydrogen) atoms. The average molecular weight is 376 g/mol. The monoisotopic (exact) mass is 376 g/mol. The number of para-hydroxylation sites is 2. The zero-order valence-electron chi connectivity index (χ0n) is 15.2. The Balaban J connectivity index is 2.01. The van der Waals surface area contributed by atoms with Gasteiger partial charge < -0.3 is 24.3 Å². The molecule has 0 spiro atoms. The van der Waals surface area contributed by atoms with Crippen LogP contribution in [-0.2, 0) is 11.3 Å². The molecule has 0 saturated heterocycles. The number of nitro groups is 1. The second kappa shape index (κ2) is 9.27. The molecule has 0 bridgehead atoms. The fraction of sp³-hybridized carbons (Fsp3) is 0.278. The van der Waals surface area contributed by atoms with Crippen molar-refractivity contribution in [3.63, 3.8) is 0 Å². The number of carbonyl (C=O) groups is 1. The topological polar surface area (TPSA) is 109 Å². The van der Waals surface area contributed by atoms with E-state index >= 15 is 0 Å². The summed E-state index contributed by atoms with van der Waals surface area (Å²) in [5, 5.41) is 13.6. The summed E-state index contributed by atoms with van der Waals surface area (Å²) in [5.41, 5.74) is 0.473. The Morgan fingerprint density at radius 1 is 1.00 bits per heavy atom. The van der Waals surface area contributed by atoms with E-state index in [1.54, 1.807) is 18.2 Å². The third-order valence-electron chi connectivity index (χ3n) is 3.68. The predicted octanol–water partition coefficient (Wildman–Crippen LogP) is 2.32. The summed E-state index contributed by atoms with van der Waals surface area (Å²) >= 11 is 0. The zero-order chi connectivity index (χ0) is 19.8. The van der Waals surface area contributed by atoms with Crippen LogP contribution < -0.4 is 24.3 Å². The second-order valence-electron chi connectivity index (χ2n) is 5.31. The van der Waals surface area contributed by atoms with Crippen LogP contribution in [0.4, 0.5) is 5.69 Å². The number of nitrogens with zero attached hydrogens (tertiary/aromatic N) is 1. The Hall–Kier alpha value is -3.49. The molecule has 9 nitrogen and oxygen atoms in total. The molecular weight excluding hydrogens is 356 g/mol. The molecule has 0 radical (unpaired) electrons. The van der Waals surface area contributed by atoms with Gasteiger partial charge in [0, 0.05) is 24.2 Å². The quantitative estimate of drug-likeness (QED) is 0.528. The molecule has 0 saturated carbocycles. The van der Waals surface area contributed by atoms with Crippen LogP contribution in [0.1, 0.15) is 5.56 Å². The summed E-state index contributed by atoms with van der Waals surface area (Å²) in [7, 11) is 4.52. The zero-order valence-corrected chi connectivity index (χ0v) is 15.2. The molecule has 2 aromatic carbocycles. The third kappa shape index (κ3) is 5.00. The highest BCUT2D eigenvalue weighted by Crippen LogP contribution is 2.34. The summed E-state index contributed by atoms with van der Waals surface area (Å²) in [5.74, 6) is 1.11. The lowest BCUT2D eigenvalue weighted by atomic mass is 10.1. The van der Waals surface area contributed by atoms with Crippen LogP contribution >= 0.6 is 0 Å². The summed E-state index contributed by atoms with van der Waals surface area (Å²) in [6.07, 6.45) is 0. The molecule has 2 rings (SSSR count). The first-order valence-electron chi connectivity index (χ1n) is 7.92. The molecule has 0 fully saturated rings. The maximum Gasteiger partial charge on any atom is 0.310 e. The minimum atomic E-state index is -0.568. The van der Waals surface area contributed by atoms with Gasteiger partial charge >= 0.3 is 5.69 Å². The van der Waals surface area contributed by atoms with Gasteiger partial charge in [0.2, 0.25) is 0 Å². The number of nitrogens with one attached hydrogen (secondary N) is 1. The van der Waals surface area contributed by atoms with Gasteiger partial charge in [-0.3, -0.25) is 14.9 Å². The first-order valence-corrected chi connectivity index (χ1v) is 7.92. The van der Waals surface area contributed by atoms with E-state index in [0.717, 1.165) is 0 Å². The molecule has 0 aliphatic heterocycles. The number of carbonyl (C=O) groups excluding carboxylic acids is 1. The molecule has 0 aliphatic rings. The average Bonchev–Trinajstić information content (AvgIpc) is 2.69. The Labute approximate surface area is 155 Å². The van der Waals surface area contributed by atoms with Crippen molar-refractivity contribution in [1.82, 2.24) is 5.32 Å². The van der Waals surface area contributed by atoms with Crippen molar-refractivity contribution in [3.05, 3.63) is 52.1 Å². The van der Waals surface area contributed by atoms with E-state index in [2.05, 4.69) is 5.32 Å². The van der Waals surface area contributed by atoms with Crippen LogP contribution in [0.5, 0.6) is 23.0 Å². The molecule has 0 atom stereocenters. The highest BCUT2D eigenvalue weighted by molar-refractivity contribution is 5.77. The second-order valence-corrected chi connectivity index (χ2v) is 5.31. The standard InChI is InChI=1S/C18H20N2O7/c1-24-15-9-17(26-3)16(25-2)8-12(15)10-19-18(21)11-27-14-7-5-4-6-13(14)20(22)23/h4-9H,10-11H2,1-3H3,(H,19,21). The highest BCUT2D eigenvalue weighted by atomic mass is 16.6. The lowest BCUT2D eigenvalue weighted by Crippen LogP contribution is -2.28. The maximum atomic E-state index is 12.0. The number of amides is 1. The first-order chi connectivity index (χ1) is 13.0. The molecule has 0 heterocycles. The Kier molecular flexibility index (Phi) is 6.81. The Bertz CT molecular complexity index is 823. The van der Waals surface area contributed by atoms with E-state index in [1.165, 1.54) is 39.5 Å². The molecule has 9 heteroatoms. The molecule has 1 N–H and O–H groups in total. The van der Waals surface area contributed by atoms with Crippen molar-refractivity contribution in [2.24, 2.45) is 0 Å². The Morgan fingerprint density at radius 3 is 2.26 bits per heavy atom. The number of hydrogen-bond donors (Lipinski definition) is 1. The number of rotatable bonds is 9. The number of methoxy groups -OCH3 is 3. The number of hydrogen-bond acceptors (Lipinski definition) is 7. The van der Waals surface area contributed by atoms with Crippen LogP contribution in [0.25, 0.3) is 0 Å². The SMILES string of the molecule is COc1cc(OC)c(OC)cc1CNC(=O)COc1ccccc1[N+](=O)[O-]. The lowest BCUT2D eigenvalue weighted by Gasteiger charge is -2.14. The van der Waals surface area contributed by atoms with Crippen LogP contribution in [0, 0.1) is 10.1 Å². The van der Waals surface area contributed by atoms with Crippen LogP contribution in [0.2, 0.25) is 0 Å². The van der Waals surface area contributed by atoms with Gasteiger partial charge in [0.15, 0.2) is 23.9 Å². The first kappa shape index (κ1) is 19.8. The van der Waals surface area contributed by atoms with Gasteiger partial charge in [0.05, 0.1) is 26.3 Å². The molecular formula is C18H20N2O7.